The molecule has 4 aliphatic rings. The molecule has 4 bridgehead atoms. The lowest BCUT2D eigenvalue weighted by molar-refractivity contribution is -0.146. The maximum atomic E-state index is 11.7. The van der Waals surface area contributed by atoms with Crippen molar-refractivity contribution in [1.82, 2.24) is 0 Å². The maximum absolute atomic E-state index is 11.7. The van der Waals surface area contributed by atoms with Crippen LogP contribution in [0.4, 0.5) is 0 Å². The number of hydrogen-bond acceptors (Lipinski definition) is 4. The van der Waals surface area contributed by atoms with Gasteiger partial charge in [-0.25, -0.2) is 0 Å². The molecule has 7 unspecified atom stereocenters. The van der Waals surface area contributed by atoms with Crippen LogP contribution in [0.25, 0.3) is 0 Å². The Morgan fingerprint density at radius 1 is 1.25 bits per heavy atom. The van der Waals surface area contributed by atoms with Gasteiger partial charge in [0.25, 0.3) is 0 Å². The molecule has 0 aliphatic carbocycles. The summed E-state index contributed by atoms with van der Waals surface area (Å²) in [6.45, 7) is 0. The van der Waals surface area contributed by atoms with Crippen LogP contribution in [0.5, 0.6) is 0 Å². The van der Waals surface area contributed by atoms with Crippen LogP contribution in [0.2, 0.25) is 0 Å². The van der Waals surface area contributed by atoms with E-state index in [4.69, 9.17) is 4.74 Å². The third kappa shape index (κ3) is 1.05. The number of rotatable bonds is 1. The van der Waals surface area contributed by atoms with Crippen LogP contribution >= 0.6 is 23.5 Å². The van der Waals surface area contributed by atoms with E-state index in [0.717, 1.165) is 23.5 Å². The molecule has 0 N–H and O–H groups in total. The van der Waals surface area contributed by atoms with Crippen molar-refractivity contribution in [2.24, 2.45) is 17.8 Å². The van der Waals surface area contributed by atoms with Gasteiger partial charge >= 0.3 is 5.97 Å². The van der Waals surface area contributed by atoms with Crippen molar-refractivity contribution in [1.29, 1.82) is 0 Å². The van der Waals surface area contributed by atoms with Gasteiger partial charge in [0.15, 0.2) is 0 Å². The highest BCUT2D eigenvalue weighted by atomic mass is 32.2. The number of esters is 1. The fourth-order valence-electron chi connectivity index (χ4n) is 3.96. The van der Waals surface area contributed by atoms with Crippen LogP contribution < -0.4 is 0 Å². The summed E-state index contributed by atoms with van der Waals surface area (Å²) in [5.41, 5.74) is 0. The average molecular weight is 254 g/mol. The molecule has 2 nitrogen and oxygen atoms in total. The smallest absolute Gasteiger partial charge is 0.309 e. The fraction of sp³-hybridized carbons (Fsp3) is 0.750. The first kappa shape index (κ1) is 9.89. The minimum atomic E-state index is 0.0233. The van der Waals surface area contributed by atoms with E-state index >= 15 is 0 Å². The van der Waals surface area contributed by atoms with Gasteiger partial charge in [-0.2, -0.15) is 11.8 Å². The van der Waals surface area contributed by atoms with E-state index in [2.05, 4.69) is 35.7 Å². The van der Waals surface area contributed by atoms with Gasteiger partial charge < -0.3 is 4.74 Å². The number of fused-ring (bicyclic) bond motifs is 9. The largest absolute Gasteiger partial charge is 0.469 e. The molecule has 0 aromatic rings. The van der Waals surface area contributed by atoms with Crippen LogP contribution in [-0.4, -0.2) is 34.1 Å². The van der Waals surface area contributed by atoms with Gasteiger partial charge in [-0.3, -0.25) is 4.79 Å². The molecule has 0 aromatic heterocycles. The van der Waals surface area contributed by atoms with E-state index in [0.29, 0.717) is 15.7 Å². The third-order valence-electron chi connectivity index (χ3n) is 4.54. The molecule has 4 heteroatoms. The number of hydrogen-bond donors (Lipinski definition) is 0. The number of carbonyl (C=O) groups is 1. The number of thioether (sulfide) groups is 2. The second kappa shape index (κ2) is 3.22. The van der Waals surface area contributed by atoms with E-state index in [9.17, 15) is 4.79 Å². The van der Waals surface area contributed by atoms with Crippen molar-refractivity contribution in [3.63, 3.8) is 0 Å². The molecule has 0 saturated carbocycles. The van der Waals surface area contributed by atoms with Crippen molar-refractivity contribution in [2.45, 2.75) is 27.4 Å². The Labute approximate surface area is 104 Å². The summed E-state index contributed by atoms with van der Waals surface area (Å²) in [6, 6.07) is 0. The highest BCUT2D eigenvalue weighted by Gasteiger charge is 2.63. The standard InChI is InChI=1S/C12H14O2S2/c1-14-12(13)5-4-8-9-6-2-3-7(15-6)10(9)11(5)16-8/h2-3,5-11H,4H2,1H3. The molecule has 4 rings (SSSR count). The summed E-state index contributed by atoms with van der Waals surface area (Å²) < 4.78 is 4.94. The van der Waals surface area contributed by atoms with Crippen LogP contribution in [-0.2, 0) is 9.53 Å². The summed E-state index contributed by atoms with van der Waals surface area (Å²) in [5.74, 6) is 1.79. The normalized spacial score (nSPS) is 55.7. The quantitative estimate of drug-likeness (QED) is 0.528. The van der Waals surface area contributed by atoms with Crippen LogP contribution in [0.3, 0.4) is 0 Å². The average Bonchev–Trinajstić information content (AvgIpc) is 3.03. The Kier molecular flexibility index (Phi) is 1.99. The van der Waals surface area contributed by atoms with Crippen molar-refractivity contribution in [3.05, 3.63) is 12.2 Å². The van der Waals surface area contributed by atoms with Gasteiger partial charge in [-0.15, -0.1) is 11.8 Å². The Morgan fingerprint density at radius 2 is 2.00 bits per heavy atom. The lowest BCUT2D eigenvalue weighted by Crippen LogP contribution is -2.41. The summed E-state index contributed by atoms with van der Waals surface area (Å²) in [6.07, 6.45) is 5.82. The highest BCUT2D eigenvalue weighted by Crippen LogP contribution is 2.66. The maximum Gasteiger partial charge on any atom is 0.309 e. The van der Waals surface area contributed by atoms with E-state index in [-0.39, 0.29) is 11.9 Å². The second-order valence-electron chi connectivity index (χ2n) is 5.11. The Balaban J connectivity index is 1.66. The molecule has 3 saturated heterocycles. The zero-order valence-corrected chi connectivity index (χ0v) is 10.7. The van der Waals surface area contributed by atoms with Crippen molar-refractivity contribution >= 4 is 29.5 Å². The SMILES string of the molecule is COC(=O)C1CC2SC1C1C3C=CC(S3)C21. The van der Waals surface area contributed by atoms with Gasteiger partial charge in [-0.1, -0.05) is 12.2 Å². The summed E-state index contributed by atoms with van der Waals surface area (Å²) >= 11 is 4.18. The zero-order chi connectivity index (χ0) is 10.9. The number of carbonyl (C=O) groups excluding carboxylic acids is 1. The monoisotopic (exact) mass is 254 g/mol. The molecule has 0 aromatic carbocycles. The first-order valence-electron chi connectivity index (χ1n) is 5.86. The van der Waals surface area contributed by atoms with E-state index < -0.39 is 0 Å². The van der Waals surface area contributed by atoms with Gasteiger partial charge in [0.2, 0.25) is 0 Å². The molecule has 0 radical (unpaired) electrons. The van der Waals surface area contributed by atoms with Gasteiger partial charge in [0, 0.05) is 21.0 Å². The molecule has 7 atom stereocenters. The summed E-state index contributed by atoms with van der Waals surface area (Å²) in [5, 5.41) is 2.68. The molecule has 4 aliphatic heterocycles. The molecule has 4 heterocycles. The van der Waals surface area contributed by atoms with Crippen molar-refractivity contribution in [2.75, 3.05) is 7.11 Å². The predicted molar refractivity (Wildman–Crippen MR) is 66.6 cm³/mol. The minimum absolute atomic E-state index is 0.0233. The van der Waals surface area contributed by atoms with E-state index in [1.807, 2.05) is 0 Å². The number of ether oxygens (including phenoxy) is 1. The van der Waals surface area contributed by atoms with Crippen molar-refractivity contribution in [3.8, 4) is 0 Å². The molecule has 16 heavy (non-hydrogen) atoms. The zero-order valence-electron chi connectivity index (χ0n) is 9.04. The molecule has 86 valence electrons. The van der Waals surface area contributed by atoms with Crippen LogP contribution in [0.15, 0.2) is 12.2 Å². The molecular weight excluding hydrogens is 240 g/mol. The summed E-state index contributed by atoms with van der Waals surface area (Å²) in [4.78, 5) is 11.7. The fourth-order valence-corrected chi connectivity index (χ4v) is 8.17. The van der Waals surface area contributed by atoms with Gasteiger partial charge in [0.1, 0.15) is 0 Å². The van der Waals surface area contributed by atoms with Gasteiger partial charge in [-0.05, 0) is 18.3 Å². The second-order valence-corrected chi connectivity index (χ2v) is 7.89. The van der Waals surface area contributed by atoms with E-state index in [1.54, 1.807) is 0 Å². The highest BCUT2D eigenvalue weighted by molar-refractivity contribution is 8.03. The van der Waals surface area contributed by atoms with Crippen LogP contribution in [0.1, 0.15) is 6.42 Å². The molecular formula is C12H14O2S2. The van der Waals surface area contributed by atoms with Gasteiger partial charge in [0.05, 0.1) is 13.0 Å². The summed E-state index contributed by atoms with van der Waals surface area (Å²) in [7, 11) is 1.52. The Hall–Kier alpha value is -0.0900. The first-order valence-corrected chi connectivity index (χ1v) is 7.75. The molecule has 0 spiro atoms. The number of methoxy groups -OCH3 is 1. The lowest BCUT2D eigenvalue weighted by atomic mass is 9.69. The lowest BCUT2D eigenvalue weighted by Gasteiger charge is -2.32. The molecule has 3 fully saturated rings. The molecule has 0 amide bonds. The third-order valence-corrected chi connectivity index (χ3v) is 7.92. The van der Waals surface area contributed by atoms with E-state index in [1.165, 1.54) is 7.11 Å². The first-order chi connectivity index (χ1) is 7.79. The topological polar surface area (TPSA) is 26.3 Å². The van der Waals surface area contributed by atoms with Crippen molar-refractivity contribution < 1.29 is 9.53 Å². The Morgan fingerprint density at radius 3 is 2.75 bits per heavy atom. The van der Waals surface area contributed by atoms with Crippen LogP contribution in [0, 0.1) is 17.8 Å². The minimum Gasteiger partial charge on any atom is -0.469 e. The Bertz CT molecular complexity index is 381. The predicted octanol–water partition coefficient (Wildman–Crippen LogP) is 1.95.